The lowest BCUT2D eigenvalue weighted by Crippen LogP contribution is -2.24. The van der Waals surface area contributed by atoms with Crippen molar-refractivity contribution >= 4 is 22.6 Å². The van der Waals surface area contributed by atoms with E-state index < -0.39 is 5.97 Å². The number of hydrogen-bond donors (Lipinski definition) is 1. The lowest BCUT2D eigenvalue weighted by Gasteiger charge is -2.24. The highest BCUT2D eigenvalue weighted by Crippen LogP contribution is 2.29. The highest BCUT2D eigenvalue weighted by molar-refractivity contribution is 6.04. The molecule has 1 heterocycles. The number of aromatic nitrogens is 1. The van der Waals surface area contributed by atoms with Gasteiger partial charge in [0.15, 0.2) is 0 Å². The molecule has 0 amide bonds. The summed E-state index contributed by atoms with van der Waals surface area (Å²) in [6.45, 7) is 5.57. The predicted molar refractivity (Wildman–Crippen MR) is 72.3 cm³/mol. The van der Waals surface area contributed by atoms with E-state index in [-0.39, 0.29) is 5.56 Å². The van der Waals surface area contributed by atoms with Crippen LogP contribution in [0.4, 0.5) is 5.69 Å². The van der Waals surface area contributed by atoms with E-state index in [1.807, 2.05) is 43.0 Å². The Hall–Kier alpha value is -2.10. The van der Waals surface area contributed by atoms with E-state index >= 15 is 0 Å². The maximum atomic E-state index is 11.3. The van der Waals surface area contributed by atoms with Gasteiger partial charge in [0.1, 0.15) is 5.56 Å². The number of anilines is 1. The van der Waals surface area contributed by atoms with Gasteiger partial charge in [0, 0.05) is 24.7 Å². The molecule has 0 aliphatic carbocycles. The van der Waals surface area contributed by atoms with E-state index in [4.69, 9.17) is 0 Å². The Bertz CT molecular complexity index is 577. The zero-order valence-electron chi connectivity index (χ0n) is 10.6. The molecule has 0 aliphatic rings. The molecule has 94 valence electrons. The first kappa shape index (κ1) is 12.4. The molecule has 1 N–H and O–H groups in total. The monoisotopic (exact) mass is 244 g/mol. The molecule has 18 heavy (non-hydrogen) atoms. The van der Waals surface area contributed by atoms with Crippen molar-refractivity contribution in [2.45, 2.75) is 13.8 Å². The fraction of sp³-hybridized carbons (Fsp3) is 0.286. The van der Waals surface area contributed by atoms with Gasteiger partial charge in [-0.1, -0.05) is 18.2 Å². The van der Waals surface area contributed by atoms with Gasteiger partial charge in [0.2, 0.25) is 0 Å². The molecule has 4 nitrogen and oxygen atoms in total. The molecule has 0 saturated heterocycles. The van der Waals surface area contributed by atoms with Gasteiger partial charge in [0.05, 0.1) is 11.2 Å². The van der Waals surface area contributed by atoms with Gasteiger partial charge in [-0.2, -0.15) is 0 Å². The second-order valence-corrected chi connectivity index (χ2v) is 4.02. The summed E-state index contributed by atoms with van der Waals surface area (Å²) in [5.41, 5.74) is 1.85. The Morgan fingerprint density at radius 3 is 2.56 bits per heavy atom. The van der Waals surface area contributed by atoms with Crippen molar-refractivity contribution in [3.63, 3.8) is 0 Å². The van der Waals surface area contributed by atoms with Gasteiger partial charge in [0.25, 0.3) is 0 Å². The van der Waals surface area contributed by atoms with Crippen LogP contribution in [0.25, 0.3) is 10.9 Å². The SMILES string of the molecule is CCN(CC)c1c(C(=O)O)cnc2ccccc12. The molecule has 0 spiro atoms. The fourth-order valence-corrected chi connectivity index (χ4v) is 2.16. The number of pyridine rings is 1. The van der Waals surface area contributed by atoms with Crippen LogP contribution in [0.2, 0.25) is 0 Å². The van der Waals surface area contributed by atoms with Crippen molar-refractivity contribution in [1.82, 2.24) is 4.98 Å². The molecule has 0 saturated carbocycles. The molecule has 1 aromatic heterocycles. The van der Waals surface area contributed by atoms with Crippen LogP contribution in [0.5, 0.6) is 0 Å². The Kier molecular flexibility index (Phi) is 3.46. The Labute approximate surface area is 106 Å². The third kappa shape index (κ3) is 2.01. The summed E-state index contributed by atoms with van der Waals surface area (Å²) in [5, 5.41) is 10.2. The lowest BCUT2D eigenvalue weighted by atomic mass is 10.1. The number of carbonyl (C=O) groups is 1. The van der Waals surface area contributed by atoms with Gasteiger partial charge < -0.3 is 10.0 Å². The molecule has 0 radical (unpaired) electrons. The maximum Gasteiger partial charge on any atom is 0.339 e. The van der Waals surface area contributed by atoms with E-state index in [0.717, 1.165) is 29.7 Å². The van der Waals surface area contributed by atoms with Gasteiger partial charge in [-0.25, -0.2) is 4.79 Å². The van der Waals surface area contributed by atoms with Crippen LogP contribution in [0.15, 0.2) is 30.5 Å². The average Bonchev–Trinajstić information content (AvgIpc) is 2.40. The van der Waals surface area contributed by atoms with Crippen LogP contribution in [-0.4, -0.2) is 29.1 Å². The maximum absolute atomic E-state index is 11.3. The van der Waals surface area contributed by atoms with E-state index in [1.54, 1.807) is 0 Å². The minimum atomic E-state index is -0.935. The quantitative estimate of drug-likeness (QED) is 0.898. The number of hydrogen-bond acceptors (Lipinski definition) is 3. The first-order valence-electron chi connectivity index (χ1n) is 6.05. The van der Waals surface area contributed by atoms with Gasteiger partial charge in [-0.3, -0.25) is 4.98 Å². The second kappa shape index (κ2) is 5.04. The fourth-order valence-electron chi connectivity index (χ4n) is 2.16. The Morgan fingerprint density at radius 1 is 1.28 bits per heavy atom. The predicted octanol–water partition coefficient (Wildman–Crippen LogP) is 2.78. The lowest BCUT2D eigenvalue weighted by molar-refractivity contribution is 0.0697. The number of para-hydroxylation sites is 1. The second-order valence-electron chi connectivity index (χ2n) is 4.02. The molecule has 2 rings (SSSR count). The topological polar surface area (TPSA) is 53.4 Å². The Morgan fingerprint density at radius 2 is 1.94 bits per heavy atom. The third-order valence-electron chi connectivity index (χ3n) is 3.06. The summed E-state index contributed by atoms with van der Waals surface area (Å²) >= 11 is 0. The molecule has 0 fully saturated rings. The minimum Gasteiger partial charge on any atom is -0.478 e. The first-order valence-corrected chi connectivity index (χ1v) is 6.05. The summed E-state index contributed by atoms with van der Waals surface area (Å²) in [7, 11) is 0. The van der Waals surface area contributed by atoms with E-state index in [2.05, 4.69) is 4.98 Å². The van der Waals surface area contributed by atoms with Crippen molar-refractivity contribution in [3.8, 4) is 0 Å². The summed E-state index contributed by atoms with van der Waals surface area (Å²) < 4.78 is 0. The number of carboxylic acid groups (broad SMARTS) is 1. The van der Waals surface area contributed by atoms with Crippen molar-refractivity contribution < 1.29 is 9.90 Å². The molecule has 0 atom stereocenters. The van der Waals surface area contributed by atoms with Crippen LogP contribution in [0.1, 0.15) is 24.2 Å². The minimum absolute atomic E-state index is 0.261. The summed E-state index contributed by atoms with van der Waals surface area (Å²) in [6.07, 6.45) is 1.44. The van der Waals surface area contributed by atoms with Crippen molar-refractivity contribution in [3.05, 3.63) is 36.0 Å². The number of fused-ring (bicyclic) bond motifs is 1. The van der Waals surface area contributed by atoms with Crippen molar-refractivity contribution in [1.29, 1.82) is 0 Å². The number of nitrogens with zero attached hydrogens (tertiary/aromatic N) is 2. The molecule has 0 unspecified atom stereocenters. The molecule has 1 aromatic carbocycles. The van der Waals surface area contributed by atoms with Gasteiger partial charge >= 0.3 is 5.97 Å². The Balaban J connectivity index is 2.77. The van der Waals surface area contributed by atoms with E-state index in [0.29, 0.717) is 0 Å². The summed E-state index contributed by atoms with van der Waals surface area (Å²) in [4.78, 5) is 17.6. The van der Waals surface area contributed by atoms with Crippen LogP contribution >= 0.6 is 0 Å². The number of carboxylic acids is 1. The molecule has 0 aliphatic heterocycles. The van der Waals surface area contributed by atoms with Crippen molar-refractivity contribution in [2.24, 2.45) is 0 Å². The van der Waals surface area contributed by atoms with Crippen LogP contribution in [-0.2, 0) is 0 Å². The molecular formula is C14H16N2O2. The largest absolute Gasteiger partial charge is 0.478 e. The smallest absolute Gasteiger partial charge is 0.339 e. The zero-order valence-corrected chi connectivity index (χ0v) is 10.6. The average molecular weight is 244 g/mol. The molecular weight excluding hydrogens is 228 g/mol. The normalized spacial score (nSPS) is 10.6. The van der Waals surface area contributed by atoms with E-state index in [9.17, 15) is 9.90 Å². The third-order valence-corrected chi connectivity index (χ3v) is 3.06. The zero-order chi connectivity index (χ0) is 13.1. The standard InChI is InChI=1S/C14H16N2O2/c1-3-16(4-2)13-10-7-5-6-8-12(10)15-9-11(13)14(17)18/h5-9H,3-4H2,1-2H3,(H,17,18). The molecule has 4 heteroatoms. The summed E-state index contributed by atoms with van der Waals surface area (Å²) in [5.74, 6) is -0.935. The van der Waals surface area contributed by atoms with Crippen LogP contribution in [0, 0.1) is 0 Å². The number of aromatic carboxylic acids is 1. The highest BCUT2D eigenvalue weighted by atomic mass is 16.4. The van der Waals surface area contributed by atoms with Crippen molar-refractivity contribution in [2.75, 3.05) is 18.0 Å². The summed E-state index contributed by atoms with van der Waals surface area (Å²) in [6, 6.07) is 7.63. The van der Waals surface area contributed by atoms with Crippen LogP contribution in [0.3, 0.4) is 0 Å². The molecule has 0 bridgehead atoms. The van der Waals surface area contributed by atoms with Gasteiger partial charge in [-0.15, -0.1) is 0 Å². The highest BCUT2D eigenvalue weighted by Gasteiger charge is 2.17. The number of rotatable bonds is 4. The van der Waals surface area contributed by atoms with E-state index in [1.165, 1.54) is 6.20 Å². The molecule has 2 aromatic rings. The van der Waals surface area contributed by atoms with Crippen LogP contribution < -0.4 is 4.90 Å². The van der Waals surface area contributed by atoms with Gasteiger partial charge in [-0.05, 0) is 19.9 Å². The number of benzene rings is 1. The first-order chi connectivity index (χ1) is 8.69.